The van der Waals surface area contributed by atoms with E-state index in [-0.39, 0.29) is 18.9 Å². The molecule has 0 bridgehead atoms. The van der Waals surface area contributed by atoms with Gasteiger partial charge in [0.2, 0.25) is 0 Å². The number of ether oxygens (including phenoxy) is 1. The molecule has 1 rings (SSSR count). The highest BCUT2D eigenvalue weighted by molar-refractivity contribution is 6.32. The molecule has 0 aromatic carbocycles. The molecule has 0 aromatic heterocycles. The first-order chi connectivity index (χ1) is 9.39. The predicted molar refractivity (Wildman–Crippen MR) is 74.9 cm³/mol. The van der Waals surface area contributed by atoms with Crippen molar-refractivity contribution in [3.05, 3.63) is 23.8 Å². The molecule has 1 aliphatic rings. The third-order valence-corrected chi connectivity index (χ3v) is 3.28. The second-order valence-electron chi connectivity index (χ2n) is 5.09. The normalized spacial score (nSPS) is 14.4. The van der Waals surface area contributed by atoms with Crippen molar-refractivity contribution in [2.24, 2.45) is 5.41 Å². The van der Waals surface area contributed by atoms with Crippen LogP contribution >= 0.6 is 0 Å². The second kappa shape index (κ2) is 7.03. The van der Waals surface area contributed by atoms with E-state index in [1.807, 2.05) is 32.1 Å². The van der Waals surface area contributed by atoms with Crippen LogP contribution in [0.15, 0.2) is 23.8 Å². The van der Waals surface area contributed by atoms with Crippen LogP contribution in [0.1, 0.15) is 33.6 Å². The molecule has 5 nitrogen and oxygen atoms in total. The lowest BCUT2D eigenvalue weighted by Crippen LogP contribution is -2.41. The van der Waals surface area contributed by atoms with E-state index in [2.05, 4.69) is 10.1 Å². The Morgan fingerprint density at radius 3 is 2.55 bits per heavy atom. The van der Waals surface area contributed by atoms with Gasteiger partial charge in [-0.1, -0.05) is 18.2 Å². The predicted octanol–water partition coefficient (Wildman–Crippen LogP) is 1.54. The van der Waals surface area contributed by atoms with Gasteiger partial charge in [0.05, 0.1) is 13.2 Å². The van der Waals surface area contributed by atoms with Crippen LogP contribution in [-0.4, -0.2) is 30.8 Å². The molecule has 0 radical (unpaired) electrons. The molecule has 1 aliphatic carbocycles. The SMILES string of the molecule is CCOC(=O)C(=O)NCC(=O)C(C)(C)C1=CCCC=C1. The van der Waals surface area contributed by atoms with Crippen molar-refractivity contribution in [2.45, 2.75) is 33.6 Å². The molecule has 0 fully saturated rings. The van der Waals surface area contributed by atoms with Crippen LogP contribution in [0.3, 0.4) is 0 Å². The molecular weight excluding hydrogens is 258 g/mol. The third-order valence-electron chi connectivity index (χ3n) is 3.28. The van der Waals surface area contributed by atoms with Crippen LogP contribution in [0, 0.1) is 5.41 Å². The molecule has 0 spiro atoms. The summed E-state index contributed by atoms with van der Waals surface area (Å²) in [6, 6.07) is 0. The van der Waals surface area contributed by atoms with Crippen LogP contribution in [0.5, 0.6) is 0 Å². The van der Waals surface area contributed by atoms with Crippen molar-refractivity contribution < 1.29 is 19.1 Å². The molecule has 0 saturated heterocycles. The van der Waals surface area contributed by atoms with Gasteiger partial charge in [0.15, 0.2) is 5.78 Å². The van der Waals surface area contributed by atoms with Gasteiger partial charge in [-0.05, 0) is 39.2 Å². The van der Waals surface area contributed by atoms with Crippen LogP contribution < -0.4 is 5.32 Å². The fraction of sp³-hybridized carbons (Fsp3) is 0.533. The Morgan fingerprint density at radius 1 is 1.30 bits per heavy atom. The highest BCUT2D eigenvalue weighted by Crippen LogP contribution is 2.30. The fourth-order valence-corrected chi connectivity index (χ4v) is 1.89. The van der Waals surface area contributed by atoms with Gasteiger partial charge in [0.1, 0.15) is 0 Å². The van der Waals surface area contributed by atoms with Gasteiger partial charge in [-0.2, -0.15) is 0 Å². The van der Waals surface area contributed by atoms with Gasteiger partial charge in [-0.25, -0.2) is 4.79 Å². The molecule has 0 heterocycles. The zero-order valence-electron chi connectivity index (χ0n) is 12.2. The first-order valence-corrected chi connectivity index (χ1v) is 6.75. The third kappa shape index (κ3) is 4.05. The maximum absolute atomic E-state index is 12.2. The number of ketones is 1. The minimum Gasteiger partial charge on any atom is -0.459 e. The number of hydrogen-bond donors (Lipinski definition) is 1. The minimum absolute atomic E-state index is 0.128. The zero-order chi connectivity index (χ0) is 15.2. The fourth-order valence-electron chi connectivity index (χ4n) is 1.89. The number of Topliss-reactive ketones (excluding diaryl/α,β-unsaturated/α-hetero) is 1. The Bertz CT molecular complexity index is 460. The highest BCUT2D eigenvalue weighted by Gasteiger charge is 2.31. The lowest BCUT2D eigenvalue weighted by atomic mass is 9.78. The number of carbonyl (C=O) groups is 3. The van der Waals surface area contributed by atoms with Gasteiger partial charge in [0.25, 0.3) is 0 Å². The Morgan fingerprint density at radius 2 is 2.00 bits per heavy atom. The Labute approximate surface area is 119 Å². The van der Waals surface area contributed by atoms with Crippen molar-refractivity contribution in [3.8, 4) is 0 Å². The van der Waals surface area contributed by atoms with E-state index < -0.39 is 17.3 Å². The number of carbonyl (C=O) groups excluding carboxylic acids is 3. The van der Waals surface area contributed by atoms with Crippen molar-refractivity contribution >= 4 is 17.7 Å². The lowest BCUT2D eigenvalue weighted by Gasteiger charge is -2.26. The number of amides is 1. The monoisotopic (exact) mass is 279 g/mol. The van der Waals surface area contributed by atoms with Gasteiger partial charge in [-0.15, -0.1) is 0 Å². The quantitative estimate of drug-likeness (QED) is 0.612. The topological polar surface area (TPSA) is 72.5 Å². The summed E-state index contributed by atoms with van der Waals surface area (Å²) in [5.41, 5.74) is 0.262. The van der Waals surface area contributed by atoms with Crippen LogP contribution in [0.2, 0.25) is 0 Å². The minimum atomic E-state index is -0.963. The standard InChI is InChI=1S/C15H21NO4/c1-4-20-14(19)13(18)16-10-12(17)15(2,3)11-8-6-5-7-9-11/h6,8-9H,4-5,7,10H2,1-3H3,(H,16,18). The molecule has 0 saturated carbocycles. The van der Waals surface area contributed by atoms with E-state index in [0.717, 1.165) is 18.4 Å². The first-order valence-electron chi connectivity index (χ1n) is 6.75. The maximum atomic E-state index is 12.2. The van der Waals surface area contributed by atoms with E-state index in [4.69, 9.17) is 0 Å². The molecule has 20 heavy (non-hydrogen) atoms. The van der Waals surface area contributed by atoms with Gasteiger partial charge in [0, 0.05) is 5.41 Å². The Balaban J connectivity index is 2.58. The van der Waals surface area contributed by atoms with Gasteiger partial charge < -0.3 is 10.1 Å². The van der Waals surface area contributed by atoms with Crippen molar-refractivity contribution in [3.63, 3.8) is 0 Å². The van der Waals surface area contributed by atoms with Crippen molar-refractivity contribution in [1.29, 1.82) is 0 Å². The average molecular weight is 279 g/mol. The van der Waals surface area contributed by atoms with E-state index in [1.54, 1.807) is 6.92 Å². The largest absolute Gasteiger partial charge is 0.459 e. The molecular formula is C15H21NO4. The molecule has 1 N–H and O–H groups in total. The Hall–Kier alpha value is -1.91. The van der Waals surface area contributed by atoms with E-state index in [0.29, 0.717) is 0 Å². The molecule has 0 atom stereocenters. The summed E-state index contributed by atoms with van der Waals surface area (Å²) in [5.74, 6) is -1.99. The van der Waals surface area contributed by atoms with Crippen LogP contribution in [0.4, 0.5) is 0 Å². The van der Waals surface area contributed by atoms with E-state index in [9.17, 15) is 14.4 Å². The van der Waals surface area contributed by atoms with E-state index in [1.165, 1.54) is 0 Å². The number of nitrogens with one attached hydrogen (secondary N) is 1. The highest BCUT2D eigenvalue weighted by atomic mass is 16.5. The summed E-state index contributed by atoms with van der Waals surface area (Å²) < 4.78 is 4.55. The lowest BCUT2D eigenvalue weighted by molar-refractivity contribution is -0.154. The molecule has 1 amide bonds. The summed E-state index contributed by atoms with van der Waals surface area (Å²) >= 11 is 0. The molecule has 5 heteroatoms. The van der Waals surface area contributed by atoms with Gasteiger partial charge >= 0.3 is 11.9 Å². The summed E-state index contributed by atoms with van der Waals surface area (Å²) in [4.78, 5) is 34.7. The summed E-state index contributed by atoms with van der Waals surface area (Å²) in [6.45, 7) is 5.18. The first kappa shape index (κ1) is 16.1. The number of esters is 1. The van der Waals surface area contributed by atoms with Crippen molar-refractivity contribution in [2.75, 3.05) is 13.2 Å². The van der Waals surface area contributed by atoms with Crippen molar-refractivity contribution in [1.82, 2.24) is 5.32 Å². The Kier molecular flexibility index (Phi) is 5.67. The zero-order valence-corrected chi connectivity index (χ0v) is 12.2. The molecule has 0 aromatic rings. The second-order valence-corrected chi connectivity index (χ2v) is 5.09. The summed E-state index contributed by atoms with van der Waals surface area (Å²) in [6.07, 6.45) is 7.90. The maximum Gasteiger partial charge on any atom is 0.396 e. The van der Waals surface area contributed by atoms with Gasteiger partial charge in [-0.3, -0.25) is 9.59 Å². The molecule has 0 unspecified atom stereocenters. The molecule has 0 aliphatic heterocycles. The van der Waals surface area contributed by atoms with Crippen LogP contribution in [-0.2, 0) is 19.1 Å². The average Bonchev–Trinajstić information content (AvgIpc) is 2.45. The van der Waals surface area contributed by atoms with E-state index >= 15 is 0 Å². The number of allylic oxidation sites excluding steroid dienone is 4. The number of rotatable bonds is 5. The smallest absolute Gasteiger partial charge is 0.396 e. The molecule has 110 valence electrons. The van der Waals surface area contributed by atoms with Crippen LogP contribution in [0.25, 0.3) is 0 Å². The number of hydrogen-bond acceptors (Lipinski definition) is 4. The summed E-state index contributed by atoms with van der Waals surface area (Å²) in [5, 5.41) is 2.30. The summed E-state index contributed by atoms with van der Waals surface area (Å²) in [7, 11) is 0.